The van der Waals surface area contributed by atoms with Crippen molar-refractivity contribution >= 4 is 35.4 Å². The highest BCUT2D eigenvalue weighted by Gasteiger charge is 2.34. The first-order valence-corrected chi connectivity index (χ1v) is 12.8. The van der Waals surface area contributed by atoms with Crippen molar-refractivity contribution in [3.63, 3.8) is 0 Å². The number of nitrogens with two attached hydrogens (primary N) is 3. The number of aliphatic hydroxyl groups is 3. The molecular weight excluding hydrogens is 558 g/mol. The van der Waals surface area contributed by atoms with Crippen LogP contribution in [0.2, 0.25) is 0 Å². The lowest BCUT2D eigenvalue weighted by molar-refractivity contribution is -0.137. The minimum atomic E-state index is -1.71. The summed E-state index contributed by atoms with van der Waals surface area (Å²) in [5, 5.41) is 47.9. The molecule has 1 aromatic carbocycles. The van der Waals surface area contributed by atoms with E-state index in [-0.39, 0.29) is 12.2 Å². The highest BCUT2D eigenvalue weighted by Crippen LogP contribution is 2.12. The first-order chi connectivity index (χ1) is 19.4. The van der Waals surface area contributed by atoms with E-state index >= 15 is 0 Å². The van der Waals surface area contributed by atoms with Crippen molar-refractivity contribution in [3.8, 4) is 5.75 Å². The van der Waals surface area contributed by atoms with Gasteiger partial charge in [0.05, 0.1) is 24.7 Å². The van der Waals surface area contributed by atoms with Crippen LogP contribution < -0.4 is 38.5 Å². The summed E-state index contributed by atoms with van der Waals surface area (Å²) in [6, 6.07) is -2.31. The first-order valence-electron chi connectivity index (χ1n) is 12.8. The number of carbonyl (C=O) groups is 6. The van der Waals surface area contributed by atoms with Crippen LogP contribution in [0.25, 0.3) is 0 Å². The molecule has 0 aliphatic rings. The van der Waals surface area contributed by atoms with Gasteiger partial charge in [-0.3, -0.25) is 28.8 Å². The Balaban J connectivity index is 3.26. The Hall–Kier alpha value is -4.32. The fraction of sp³-hybridized carbons (Fsp3) is 0.520. The van der Waals surface area contributed by atoms with E-state index in [0.717, 1.165) is 6.92 Å². The van der Waals surface area contributed by atoms with Crippen molar-refractivity contribution in [1.29, 1.82) is 0 Å². The molecule has 234 valence electrons. The van der Waals surface area contributed by atoms with E-state index in [1.54, 1.807) is 0 Å². The van der Waals surface area contributed by atoms with Crippen LogP contribution in [0, 0.1) is 0 Å². The molecule has 0 fully saturated rings. The third-order valence-corrected chi connectivity index (χ3v) is 6.02. The maximum Gasteiger partial charge on any atom is 0.245 e. The first kappa shape index (κ1) is 35.7. The Morgan fingerprint density at radius 2 is 1.17 bits per heavy atom. The summed E-state index contributed by atoms with van der Waals surface area (Å²) in [5.41, 5.74) is 16.5. The van der Waals surface area contributed by atoms with Crippen molar-refractivity contribution in [2.24, 2.45) is 17.2 Å². The van der Waals surface area contributed by atoms with Gasteiger partial charge in [-0.2, -0.15) is 0 Å². The highest BCUT2D eigenvalue weighted by molar-refractivity contribution is 5.97. The van der Waals surface area contributed by atoms with Gasteiger partial charge in [0.25, 0.3) is 0 Å². The number of primary amides is 2. The zero-order chi connectivity index (χ0) is 32.3. The van der Waals surface area contributed by atoms with Gasteiger partial charge in [-0.25, -0.2) is 0 Å². The molecule has 0 aliphatic heterocycles. The average molecular weight is 598 g/mol. The molecule has 0 bridgehead atoms. The number of phenolic OH excluding ortho intramolecular Hbond substituents is 1. The lowest BCUT2D eigenvalue weighted by atomic mass is 10.0. The molecular formula is C25H39N7O10. The van der Waals surface area contributed by atoms with Gasteiger partial charge in [-0.1, -0.05) is 12.1 Å². The molecule has 0 radical (unpaired) electrons. The molecule has 42 heavy (non-hydrogen) atoms. The van der Waals surface area contributed by atoms with E-state index < -0.39 is 90.4 Å². The van der Waals surface area contributed by atoms with Crippen LogP contribution in [0.15, 0.2) is 24.3 Å². The number of rotatable bonds is 16. The number of amides is 6. The molecule has 0 aliphatic carbocycles. The summed E-state index contributed by atoms with van der Waals surface area (Å²) < 4.78 is 0. The Morgan fingerprint density at radius 3 is 1.62 bits per heavy atom. The van der Waals surface area contributed by atoms with Crippen LogP contribution in [-0.4, -0.2) is 104 Å². The fourth-order valence-corrected chi connectivity index (χ4v) is 3.58. The fourth-order valence-electron chi connectivity index (χ4n) is 3.58. The normalized spacial score (nSPS) is 16.7. The molecule has 8 unspecified atom stereocenters. The van der Waals surface area contributed by atoms with Crippen LogP contribution in [0.4, 0.5) is 0 Å². The third-order valence-electron chi connectivity index (χ3n) is 6.02. The monoisotopic (exact) mass is 597 g/mol. The molecule has 0 saturated carbocycles. The molecule has 6 amide bonds. The zero-order valence-corrected chi connectivity index (χ0v) is 23.3. The standard InChI is InChI=1S/C25H39N7O10/c1-10(33)18(27)24(41)32-20(12(3)35)25(42)30-16(9-17(26)37)22(39)29-15(8-13-4-6-14(36)7-5-13)23(40)31-19(11(2)34)21(28)38/h4-7,10-12,15-16,18-20,33-36H,8-9,27H2,1-3H3,(H2,26,37)(H2,28,38)(H,29,39)(H,30,42)(H,31,40)(H,32,41). The predicted octanol–water partition coefficient (Wildman–Crippen LogP) is -5.30. The van der Waals surface area contributed by atoms with Crippen LogP contribution >= 0.6 is 0 Å². The Morgan fingerprint density at radius 1 is 0.690 bits per heavy atom. The molecule has 17 heteroatoms. The Kier molecular flexibility index (Phi) is 13.8. The lowest BCUT2D eigenvalue weighted by Crippen LogP contribution is -2.62. The molecule has 1 aromatic rings. The van der Waals surface area contributed by atoms with Crippen LogP contribution in [0.5, 0.6) is 5.75 Å². The van der Waals surface area contributed by atoms with E-state index in [4.69, 9.17) is 17.2 Å². The van der Waals surface area contributed by atoms with Gasteiger partial charge in [0.2, 0.25) is 35.4 Å². The van der Waals surface area contributed by atoms with Gasteiger partial charge in [-0.15, -0.1) is 0 Å². The summed E-state index contributed by atoms with van der Waals surface area (Å²) in [7, 11) is 0. The van der Waals surface area contributed by atoms with Crippen LogP contribution in [0.3, 0.4) is 0 Å². The number of hydrogen-bond acceptors (Lipinski definition) is 11. The Bertz CT molecular complexity index is 1130. The number of benzene rings is 1. The van der Waals surface area contributed by atoms with Crippen molar-refractivity contribution in [1.82, 2.24) is 21.3 Å². The van der Waals surface area contributed by atoms with Gasteiger partial charge >= 0.3 is 0 Å². The molecule has 1 rings (SSSR count). The SMILES string of the molecule is CC(O)C(N)C(=O)NC(C(=O)NC(CC(N)=O)C(=O)NC(Cc1ccc(O)cc1)C(=O)NC(C(N)=O)C(C)O)C(C)O. The van der Waals surface area contributed by atoms with Gasteiger partial charge in [0, 0.05) is 6.42 Å². The Labute approximate surface area is 241 Å². The van der Waals surface area contributed by atoms with E-state index in [0.29, 0.717) is 5.56 Å². The molecule has 0 spiro atoms. The highest BCUT2D eigenvalue weighted by atomic mass is 16.3. The quantitative estimate of drug-likeness (QED) is 0.0854. The van der Waals surface area contributed by atoms with Crippen LogP contribution in [-0.2, 0) is 35.2 Å². The maximum atomic E-state index is 13.2. The summed E-state index contributed by atoms with van der Waals surface area (Å²) in [4.78, 5) is 75.0. The van der Waals surface area contributed by atoms with E-state index in [9.17, 15) is 49.2 Å². The van der Waals surface area contributed by atoms with Crippen LogP contribution in [0.1, 0.15) is 32.8 Å². The minimum absolute atomic E-state index is 0.0786. The number of aliphatic hydroxyl groups excluding tert-OH is 3. The number of phenols is 1. The summed E-state index contributed by atoms with van der Waals surface area (Å²) in [6.45, 7) is 3.58. The van der Waals surface area contributed by atoms with E-state index in [1.165, 1.54) is 38.1 Å². The second-order valence-corrected chi connectivity index (χ2v) is 9.79. The summed E-state index contributed by atoms with van der Waals surface area (Å²) >= 11 is 0. The predicted molar refractivity (Wildman–Crippen MR) is 146 cm³/mol. The second kappa shape index (κ2) is 16.2. The molecule has 0 saturated heterocycles. The number of aromatic hydroxyl groups is 1. The van der Waals surface area contributed by atoms with Crippen molar-refractivity contribution < 1.29 is 49.2 Å². The summed E-state index contributed by atoms with van der Waals surface area (Å²) in [6.07, 6.45) is -5.20. The number of hydrogen-bond donors (Lipinski definition) is 11. The number of carbonyl (C=O) groups excluding carboxylic acids is 6. The van der Waals surface area contributed by atoms with Gasteiger partial charge in [-0.05, 0) is 38.5 Å². The van der Waals surface area contributed by atoms with E-state index in [1.807, 2.05) is 0 Å². The van der Waals surface area contributed by atoms with Crippen molar-refractivity contribution in [3.05, 3.63) is 29.8 Å². The minimum Gasteiger partial charge on any atom is -0.508 e. The maximum absolute atomic E-state index is 13.2. The van der Waals surface area contributed by atoms with E-state index in [2.05, 4.69) is 21.3 Å². The molecule has 8 atom stereocenters. The topological polar surface area (TPSA) is 310 Å². The largest absolute Gasteiger partial charge is 0.508 e. The van der Waals surface area contributed by atoms with Gasteiger partial charge in [0.15, 0.2) is 0 Å². The zero-order valence-electron chi connectivity index (χ0n) is 23.3. The second-order valence-electron chi connectivity index (χ2n) is 9.79. The summed E-state index contributed by atoms with van der Waals surface area (Å²) in [5.74, 6) is -6.35. The lowest BCUT2D eigenvalue weighted by Gasteiger charge is -2.27. The van der Waals surface area contributed by atoms with Crippen molar-refractivity contribution in [2.45, 2.75) is 82.1 Å². The molecule has 0 aromatic heterocycles. The molecule has 0 heterocycles. The average Bonchev–Trinajstić information content (AvgIpc) is 2.88. The van der Waals surface area contributed by atoms with Gasteiger partial charge in [0.1, 0.15) is 36.0 Å². The smallest absolute Gasteiger partial charge is 0.245 e. The molecule has 17 nitrogen and oxygen atoms in total. The van der Waals surface area contributed by atoms with Gasteiger partial charge < -0.3 is 58.9 Å². The third kappa shape index (κ3) is 11.3. The molecule has 14 N–H and O–H groups in total. The number of nitrogens with one attached hydrogen (secondary N) is 4. The van der Waals surface area contributed by atoms with Crippen molar-refractivity contribution in [2.75, 3.05) is 0 Å².